The Hall–Kier alpha value is -1.28. The van der Waals surface area contributed by atoms with Crippen LogP contribution in [0.3, 0.4) is 0 Å². The van der Waals surface area contributed by atoms with Crippen LogP contribution < -0.4 is 5.32 Å². The van der Waals surface area contributed by atoms with E-state index in [-0.39, 0.29) is 17.7 Å². The normalized spacial score (nSPS) is 12.4. The van der Waals surface area contributed by atoms with E-state index in [9.17, 15) is 4.79 Å². The van der Waals surface area contributed by atoms with Crippen LogP contribution >= 0.6 is 35.0 Å². The number of carbonyl (C=O) groups is 1. The van der Waals surface area contributed by atoms with Gasteiger partial charge in [0.25, 0.3) is 0 Å². The van der Waals surface area contributed by atoms with Gasteiger partial charge in [0.1, 0.15) is 0 Å². The molecule has 1 unspecified atom stereocenters. The summed E-state index contributed by atoms with van der Waals surface area (Å²) in [6.07, 6.45) is 3.04. The molecule has 0 saturated carbocycles. The van der Waals surface area contributed by atoms with Crippen molar-refractivity contribution in [3.63, 3.8) is 0 Å². The summed E-state index contributed by atoms with van der Waals surface area (Å²) < 4.78 is 2.14. The molecule has 9 heteroatoms. The minimum Gasteiger partial charge on any atom is -0.323 e. The van der Waals surface area contributed by atoms with E-state index in [2.05, 4.69) is 38.8 Å². The Kier molecular flexibility index (Phi) is 9.08. The zero-order valence-corrected chi connectivity index (χ0v) is 19.0. The quantitative estimate of drug-likeness (QED) is 0.515. The summed E-state index contributed by atoms with van der Waals surface area (Å²) in [4.78, 5) is 14.6. The zero-order valence-electron chi connectivity index (χ0n) is 16.7. The third-order valence-corrected chi connectivity index (χ3v) is 5.95. The van der Waals surface area contributed by atoms with Crippen molar-refractivity contribution in [3.8, 4) is 0 Å². The number of unbranched alkanes of at least 4 members (excludes halogenated alkanes) is 1. The van der Waals surface area contributed by atoms with Crippen LogP contribution in [0.5, 0.6) is 0 Å². The predicted molar refractivity (Wildman–Crippen MR) is 117 cm³/mol. The summed E-state index contributed by atoms with van der Waals surface area (Å²) in [5.41, 5.74) is 0.434. The summed E-state index contributed by atoms with van der Waals surface area (Å²) in [6.45, 7) is 5.13. The van der Waals surface area contributed by atoms with Crippen LogP contribution in [-0.2, 0) is 11.3 Å². The molecule has 1 atom stereocenters. The average molecular weight is 444 g/mol. The second-order valence-electron chi connectivity index (χ2n) is 6.67. The maximum atomic E-state index is 12.4. The van der Waals surface area contributed by atoms with Gasteiger partial charge >= 0.3 is 0 Å². The maximum absolute atomic E-state index is 12.4. The van der Waals surface area contributed by atoms with Gasteiger partial charge in [-0.15, -0.1) is 10.2 Å². The van der Waals surface area contributed by atoms with E-state index in [1.54, 1.807) is 18.2 Å². The molecular weight excluding hydrogens is 417 g/mol. The van der Waals surface area contributed by atoms with Gasteiger partial charge in [-0.1, -0.05) is 61.3 Å². The Labute approximate surface area is 181 Å². The number of aromatic nitrogens is 3. The Morgan fingerprint density at radius 3 is 2.50 bits per heavy atom. The lowest BCUT2D eigenvalue weighted by Gasteiger charge is -2.23. The Balaban J connectivity index is 2.12. The van der Waals surface area contributed by atoms with Crippen molar-refractivity contribution in [3.05, 3.63) is 34.1 Å². The van der Waals surface area contributed by atoms with E-state index < -0.39 is 0 Å². The topological polar surface area (TPSA) is 63.1 Å². The number of carbonyl (C=O) groups excluding carboxylic acids is 1. The van der Waals surface area contributed by atoms with E-state index in [1.165, 1.54) is 11.8 Å². The largest absolute Gasteiger partial charge is 0.323 e. The fourth-order valence-electron chi connectivity index (χ4n) is 2.88. The molecule has 28 heavy (non-hydrogen) atoms. The molecule has 6 nitrogen and oxygen atoms in total. The van der Waals surface area contributed by atoms with Gasteiger partial charge in [0.15, 0.2) is 11.0 Å². The molecule has 1 amide bonds. The lowest BCUT2D eigenvalue weighted by Crippen LogP contribution is -2.23. The number of hydrogen-bond acceptors (Lipinski definition) is 5. The highest BCUT2D eigenvalue weighted by Crippen LogP contribution is 2.30. The lowest BCUT2D eigenvalue weighted by atomic mass is 10.2. The highest BCUT2D eigenvalue weighted by molar-refractivity contribution is 7.99. The standard InChI is InChI=1S/C19H27Cl2N5OS/c1-5-7-11-26-18(15(6-2)25(3)4)23-24-19(26)28-12-16(27)22-17-13(20)9-8-10-14(17)21/h8-10,15H,5-7,11-12H2,1-4H3,(H,22,27). The first-order valence-electron chi connectivity index (χ1n) is 9.35. The molecule has 0 saturated heterocycles. The predicted octanol–water partition coefficient (Wildman–Crippen LogP) is 5.13. The van der Waals surface area contributed by atoms with Gasteiger partial charge < -0.3 is 9.88 Å². The molecule has 1 N–H and O–H groups in total. The first-order valence-corrected chi connectivity index (χ1v) is 11.1. The molecule has 0 bridgehead atoms. The third-order valence-electron chi connectivity index (χ3n) is 4.35. The van der Waals surface area contributed by atoms with Gasteiger partial charge in [-0.2, -0.15) is 0 Å². The first-order chi connectivity index (χ1) is 13.4. The minimum atomic E-state index is -0.189. The Bertz CT molecular complexity index is 776. The van der Waals surface area contributed by atoms with Crippen LogP contribution in [0.15, 0.2) is 23.4 Å². The van der Waals surface area contributed by atoms with Crippen LogP contribution in [0.25, 0.3) is 0 Å². The van der Waals surface area contributed by atoms with Crippen LogP contribution in [0.2, 0.25) is 10.0 Å². The molecule has 0 aliphatic heterocycles. The maximum Gasteiger partial charge on any atom is 0.234 e. The van der Waals surface area contributed by atoms with E-state index >= 15 is 0 Å². The lowest BCUT2D eigenvalue weighted by molar-refractivity contribution is -0.113. The molecule has 0 radical (unpaired) electrons. The van der Waals surface area contributed by atoms with Crippen molar-refractivity contribution in [2.24, 2.45) is 0 Å². The summed E-state index contributed by atoms with van der Waals surface area (Å²) in [5, 5.41) is 13.1. The van der Waals surface area contributed by atoms with E-state index in [4.69, 9.17) is 23.2 Å². The van der Waals surface area contributed by atoms with Gasteiger partial charge in [0, 0.05) is 6.54 Å². The molecule has 0 spiro atoms. The average Bonchev–Trinajstić information content (AvgIpc) is 3.04. The summed E-state index contributed by atoms with van der Waals surface area (Å²) >= 11 is 13.6. The van der Waals surface area contributed by atoms with Crippen LogP contribution in [0.4, 0.5) is 5.69 Å². The van der Waals surface area contributed by atoms with Gasteiger partial charge in [-0.25, -0.2) is 0 Å². The van der Waals surface area contributed by atoms with Gasteiger partial charge in [0.2, 0.25) is 5.91 Å². The van der Waals surface area contributed by atoms with Crippen molar-refractivity contribution >= 4 is 46.6 Å². The smallest absolute Gasteiger partial charge is 0.234 e. The molecule has 2 aromatic rings. The molecule has 2 rings (SSSR count). The first kappa shape index (κ1) is 23.0. The SMILES string of the molecule is CCCCn1c(SCC(=O)Nc2c(Cl)cccc2Cl)nnc1C(CC)N(C)C. The number of halogens is 2. The van der Waals surface area contributed by atoms with Crippen LogP contribution in [0, 0.1) is 0 Å². The number of rotatable bonds is 10. The Morgan fingerprint density at radius 2 is 1.93 bits per heavy atom. The number of thioether (sulfide) groups is 1. The molecule has 1 aromatic heterocycles. The second-order valence-corrected chi connectivity index (χ2v) is 8.42. The summed E-state index contributed by atoms with van der Waals surface area (Å²) in [6, 6.07) is 5.31. The third kappa shape index (κ3) is 5.86. The molecule has 154 valence electrons. The van der Waals surface area contributed by atoms with Crippen molar-refractivity contribution in [2.45, 2.75) is 50.9 Å². The number of benzene rings is 1. The van der Waals surface area contributed by atoms with Crippen molar-refractivity contribution < 1.29 is 4.79 Å². The van der Waals surface area contributed by atoms with Crippen molar-refractivity contribution in [1.82, 2.24) is 19.7 Å². The molecular formula is C19H27Cl2N5OS. The van der Waals surface area contributed by atoms with Crippen molar-refractivity contribution in [1.29, 1.82) is 0 Å². The van der Waals surface area contributed by atoms with E-state index in [0.717, 1.165) is 36.8 Å². The number of amides is 1. The summed E-state index contributed by atoms with van der Waals surface area (Å²) in [7, 11) is 4.08. The van der Waals surface area contributed by atoms with E-state index in [1.807, 2.05) is 14.1 Å². The minimum absolute atomic E-state index is 0.189. The molecule has 1 aromatic carbocycles. The van der Waals surface area contributed by atoms with Gasteiger partial charge in [-0.3, -0.25) is 9.69 Å². The number of nitrogens with zero attached hydrogens (tertiary/aromatic N) is 4. The molecule has 0 fully saturated rings. The Morgan fingerprint density at radius 1 is 1.25 bits per heavy atom. The fraction of sp³-hybridized carbons (Fsp3) is 0.526. The zero-order chi connectivity index (χ0) is 20.7. The van der Waals surface area contributed by atoms with Crippen LogP contribution in [-0.4, -0.2) is 45.4 Å². The molecule has 1 heterocycles. The monoisotopic (exact) mass is 443 g/mol. The molecule has 0 aliphatic carbocycles. The number of hydrogen-bond donors (Lipinski definition) is 1. The fourth-order valence-corrected chi connectivity index (χ4v) is 4.14. The van der Waals surface area contributed by atoms with E-state index in [0.29, 0.717) is 15.7 Å². The highest BCUT2D eigenvalue weighted by Gasteiger charge is 2.22. The van der Waals surface area contributed by atoms with Crippen molar-refractivity contribution in [2.75, 3.05) is 25.2 Å². The van der Waals surface area contributed by atoms with Gasteiger partial charge in [-0.05, 0) is 39.1 Å². The molecule has 0 aliphatic rings. The number of anilines is 1. The van der Waals surface area contributed by atoms with Crippen LogP contribution in [0.1, 0.15) is 45.0 Å². The van der Waals surface area contributed by atoms with Gasteiger partial charge in [0.05, 0.1) is 27.5 Å². The number of para-hydroxylation sites is 1. The number of nitrogens with one attached hydrogen (secondary N) is 1. The summed E-state index contributed by atoms with van der Waals surface area (Å²) in [5.74, 6) is 0.953. The second kappa shape index (κ2) is 11.0. The highest BCUT2D eigenvalue weighted by atomic mass is 35.5.